The molecule has 0 unspecified atom stereocenters. The van der Waals surface area contributed by atoms with Crippen molar-refractivity contribution in [1.82, 2.24) is 5.32 Å². The molecule has 1 amide bonds. The molecule has 0 radical (unpaired) electrons. The van der Waals surface area contributed by atoms with Gasteiger partial charge in [-0.1, -0.05) is 40.9 Å². The summed E-state index contributed by atoms with van der Waals surface area (Å²) in [6.07, 6.45) is 6.59. The third-order valence-corrected chi connectivity index (χ3v) is 3.69. The predicted octanol–water partition coefficient (Wildman–Crippen LogP) is 2.56. The van der Waals surface area contributed by atoms with Gasteiger partial charge < -0.3 is 10.1 Å². The first-order valence-corrected chi connectivity index (χ1v) is 7.43. The highest BCUT2D eigenvalue weighted by molar-refractivity contribution is 8.15. The summed E-state index contributed by atoms with van der Waals surface area (Å²) in [5, 5.41) is 11.4. The zero-order valence-corrected chi connectivity index (χ0v) is 12.9. The average Bonchev–Trinajstić information content (AvgIpc) is 2.84. The summed E-state index contributed by atoms with van der Waals surface area (Å²) in [6.45, 7) is 0.0808. The lowest BCUT2D eigenvalue weighted by Crippen LogP contribution is -2.19. The Labute approximate surface area is 135 Å². The number of ether oxygens (including phenoxy) is 1. The molecule has 1 aromatic carbocycles. The standard InChI is InChI=1S/C13H9Cl2N3O2S/c1-2-3-20-12-9(14)4-8(5-10(12)15)6-16-18-13-17-11(19)7-21-13/h1,4-6H,3,7H2,(H,17,18,19). The van der Waals surface area contributed by atoms with Gasteiger partial charge in [0.1, 0.15) is 6.61 Å². The van der Waals surface area contributed by atoms with Gasteiger partial charge in [0.2, 0.25) is 5.91 Å². The maximum atomic E-state index is 11.0. The second-order valence-electron chi connectivity index (χ2n) is 3.79. The Hall–Kier alpha value is -1.68. The molecule has 0 aromatic heterocycles. The van der Waals surface area contributed by atoms with Crippen LogP contribution in [-0.2, 0) is 4.79 Å². The smallest absolute Gasteiger partial charge is 0.236 e. The maximum Gasteiger partial charge on any atom is 0.236 e. The lowest BCUT2D eigenvalue weighted by atomic mass is 10.2. The Morgan fingerprint density at radius 3 is 2.76 bits per heavy atom. The van der Waals surface area contributed by atoms with Gasteiger partial charge in [-0.2, -0.15) is 5.10 Å². The van der Waals surface area contributed by atoms with Gasteiger partial charge in [0.25, 0.3) is 0 Å². The summed E-state index contributed by atoms with van der Waals surface area (Å²) in [5.74, 6) is 2.93. The Morgan fingerprint density at radius 2 is 2.19 bits per heavy atom. The minimum atomic E-state index is -0.0879. The molecular weight excluding hydrogens is 333 g/mol. The van der Waals surface area contributed by atoms with Gasteiger partial charge in [-0.25, -0.2) is 0 Å². The van der Waals surface area contributed by atoms with Crippen LogP contribution < -0.4 is 10.1 Å². The number of rotatable bonds is 4. The van der Waals surface area contributed by atoms with Crippen molar-refractivity contribution >= 4 is 52.3 Å². The molecule has 1 aromatic rings. The number of benzene rings is 1. The Balaban J connectivity index is 2.11. The van der Waals surface area contributed by atoms with E-state index in [1.165, 1.54) is 18.0 Å². The van der Waals surface area contributed by atoms with Crippen molar-refractivity contribution in [2.24, 2.45) is 10.2 Å². The van der Waals surface area contributed by atoms with E-state index in [2.05, 4.69) is 21.4 Å². The van der Waals surface area contributed by atoms with Crippen LogP contribution in [0.4, 0.5) is 0 Å². The van der Waals surface area contributed by atoms with Crippen molar-refractivity contribution in [3.05, 3.63) is 27.7 Å². The number of terminal acetylenes is 1. The molecule has 21 heavy (non-hydrogen) atoms. The van der Waals surface area contributed by atoms with E-state index < -0.39 is 0 Å². The normalized spacial score (nSPS) is 16.2. The van der Waals surface area contributed by atoms with Gasteiger partial charge in [0, 0.05) is 0 Å². The molecule has 0 spiro atoms. The zero-order valence-electron chi connectivity index (χ0n) is 10.6. The molecule has 0 atom stereocenters. The van der Waals surface area contributed by atoms with E-state index in [0.29, 0.717) is 32.3 Å². The van der Waals surface area contributed by atoms with Crippen LogP contribution in [0.1, 0.15) is 5.56 Å². The predicted molar refractivity (Wildman–Crippen MR) is 86.4 cm³/mol. The number of hydrogen-bond acceptors (Lipinski definition) is 5. The molecule has 1 N–H and O–H groups in total. The van der Waals surface area contributed by atoms with Crippen LogP contribution in [-0.4, -0.2) is 29.6 Å². The molecule has 1 aliphatic rings. The molecule has 108 valence electrons. The molecule has 0 saturated carbocycles. The van der Waals surface area contributed by atoms with E-state index in [1.54, 1.807) is 12.1 Å². The van der Waals surface area contributed by atoms with E-state index in [-0.39, 0.29) is 12.5 Å². The quantitative estimate of drug-likeness (QED) is 0.520. The average molecular weight is 342 g/mol. The van der Waals surface area contributed by atoms with Crippen molar-refractivity contribution in [3.63, 3.8) is 0 Å². The summed E-state index contributed by atoms with van der Waals surface area (Å²) >= 11 is 13.4. The number of hydrogen-bond donors (Lipinski definition) is 1. The van der Waals surface area contributed by atoms with Gasteiger partial charge in [0.05, 0.1) is 22.0 Å². The van der Waals surface area contributed by atoms with Gasteiger partial charge in [0.15, 0.2) is 10.9 Å². The summed E-state index contributed by atoms with van der Waals surface area (Å²) < 4.78 is 5.25. The fourth-order valence-corrected chi connectivity index (χ4v) is 2.68. The van der Waals surface area contributed by atoms with Crippen LogP contribution in [0.5, 0.6) is 5.75 Å². The highest BCUT2D eigenvalue weighted by atomic mass is 35.5. The zero-order chi connectivity index (χ0) is 15.2. The molecule has 5 nitrogen and oxygen atoms in total. The van der Waals surface area contributed by atoms with Crippen LogP contribution in [0.15, 0.2) is 22.3 Å². The summed E-state index contributed by atoms with van der Waals surface area (Å²) in [7, 11) is 0. The molecule has 1 aliphatic heterocycles. The largest absolute Gasteiger partial charge is 0.478 e. The van der Waals surface area contributed by atoms with Gasteiger partial charge in [-0.15, -0.1) is 11.5 Å². The van der Waals surface area contributed by atoms with E-state index in [4.69, 9.17) is 34.4 Å². The summed E-state index contributed by atoms with van der Waals surface area (Å²) in [4.78, 5) is 11.0. The number of amidine groups is 1. The Bertz CT molecular complexity index is 645. The molecule has 1 heterocycles. The topological polar surface area (TPSA) is 63.1 Å². The monoisotopic (exact) mass is 341 g/mol. The van der Waals surface area contributed by atoms with Gasteiger partial charge >= 0.3 is 0 Å². The van der Waals surface area contributed by atoms with E-state index in [0.717, 1.165) is 0 Å². The van der Waals surface area contributed by atoms with Crippen molar-refractivity contribution in [2.75, 3.05) is 12.4 Å². The molecular formula is C13H9Cl2N3O2S. The van der Waals surface area contributed by atoms with Crippen molar-refractivity contribution < 1.29 is 9.53 Å². The number of nitrogens with zero attached hydrogens (tertiary/aromatic N) is 2. The second kappa shape index (κ2) is 7.36. The SMILES string of the molecule is C#CCOc1c(Cl)cc(C=NN=C2NC(=O)CS2)cc1Cl. The lowest BCUT2D eigenvalue weighted by Gasteiger charge is -2.07. The molecule has 1 fully saturated rings. The number of nitrogens with one attached hydrogen (secondary N) is 1. The Morgan fingerprint density at radius 1 is 1.48 bits per heavy atom. The molecule has 0 bridgehead atoms. The molecule has 8 heteroatoms. The van der Waals surface area contributed by atoms with Crippen LogP contribution in [0.2, 0.25) is 10.0 Å². The van der Waals surface area contributed by atoms with Gasteiger partial charge in [-0.3, -0.25) is 4.79 Å². The third kappa shape index (κ3) is 4.39. The van der Waals surface area contributed by atoms with E-state index in [1.807, 2.05) is 0 Å². The maximum absolute atomic E-state index is 11.0. The highest BCUT2D eigenvalue weighted by Crippen LogP contribution is 2.33. The Kier molecular flexibility index (Phi) is 5.51. The highest BCUT2D eigenvalue weighted by Gasteiger charge is 2.16. The van der Waals surface area contributed by atoms with E-state index >= 15 is 0 Å². The second-order valence-corrected chi connectivity index (χ2v) is 5.57. The van der Waals surface area contributed by atoms with Crippen molar-refractivity contribution in [2.45, 2.75) is 0 Å². The molecule has 1 saturated heterocycles. The number of thioether (sulfide) groups is 1. The number of amides is 1. The number of carbonyl (C=O) groups excluding carboxylic acids is 1. The first-order chi connectivity index (χ1) is 10.1. The first-order valence-electron chi connectivity index (χ1n) is 5.69. The third-order valence-electron chi connectivity index (χ3n) is 2.26. The molecule has 2 rings (SSSR count). The minimum absolute atomic E-state index is 0.0808. The van der Waals surface area contributed by atoms with E-state index in [9.17, 15) is 4.79 Å². The lowest BCUT2D eigenvalue weighted by molar-refractivity contribution is -0.116. The fourth-order valence-electron chi connectivity index (χ4n) is 1.43. The minimum Gasteiger partial charge on any atom is -0.478 e. The summed E-state index contributed by atoms with van der Waals surface area (Å²) in [5.41, 5.74) is 0.650. The molecule has 0 aliphatic carbocycles. The summed E-state index contributed by atoms with van der Waals surface area (Å²) in [6, 6.07) is 3.26. The van der Waals surface area contributed by atoms with Crippen LogP contribution in [0.25, 0.3) is 0 Å². The van der Waals surface area contributed by atoms with Crippen molar-refractivity contribution in [3.8, 4) is 18.1 Å². The first kappa shape index (κ1) is 15.7. The number of carbonyl (C=O) groups is 1. The fraction of sp³-hybridized carbons (Fsp3) is 0.154. The van der Waals surface area contributed by atoms with Crippen LogP contribution in [0.3, 0.4) is 0 Å². The number of halogens is 2. The van der Waals surface area contributed by atoms with Crippen molar-refractivity contribution in [1.29, 1.82) is 0 Å². The van der Waals surface area contributed by atoms with Crippen LogP contribution in [0, 0.1) is 12.3 Å². The van der Waals surface area contributed by atoms with Crippen LogP contribution >= 0.6 is 35.0 Å². The van der Waals surface area contributed by atoms with Gasteiger partial charge in [-0.05, 0) is 17.7 Å².